The molecular formula is C31H30N2O6. The number of aliphatic imine (C=N–C) groups is 1. The van der Waals surface area contributed by atoms with Gasteiger partial charge in [0.25, 0.3) is 0 Å². The maximum absolute atomic E-state index is 11.8. The Balaban J connectivity index is 1.48. The molecule has 4 aromatic rings. The number of nitrogens with zero attached hydrogens (tertiary/aromatic N) is 2. The van der Waals surface area contributed by atoms with Crippen LogP contribution in [0.5, 0.6) is 11.5 Å². The number of aliphatic hydroxyl groups excluding tert-OH is 1. The zero-order chi connectivity index (χ0) is 26.4. The van der Waals surface area contributed by atoms with Crippen LogP contribution in [0.3, 0.4) is 0 Å². The van der Waals surface area contributed by atoms with Gasteiger partial charge in [0.05, 0.1) is 56.6 Å². The van der Waals surface area contributed by atoms with Gasteiger partial charge in [-0.3, -0.25) is 4.98 Å². The average Bonchev–Trinajstić information content (AvgIpc) is 2.97. The molecule has 8 heteroatoms. The van der Waals surface area contributed by atoms with Gasteiger partial charge in [0.15, 0.2) is 0 Å². The maximum atomic E-state index is 11.8. The highest BCUT2D eigenvalue weighted by Gasteiger charge is 2.34. The molecule has 8 nitrogen and oxygen atoms in total. The zero-order valence-electron chi connectivity index (χ0n) is 21.5. The van der Waals surface area contributed by atoms with Crippen molar-refractivity contribution in [2.75, 3.05) is 52.9 Å². The van der Waals surface area contributed by atoms with E-state index in [0.717, 1.165) is 33.4 Å². The van der Waals surface area contributed by atoms with Gasteiger partial charge >= 0.3 is 0 Å². The van der Waals surface area contributed by atoms with Crippen molar-refractivity contribution in [1.82, 2.24) is 4.98 Å². The van der Waals surface area contributed by atoms with Crippen molar-refractivity contribution in [1.29, 1.82) is 0 Å². The minimum absolute atomic E-state index is 0.330. The number of benzene rings is 3. The molecule has 2 heterocycles. The van der Waals surface area contributed by atoms with Gasteiger partial charge in [-0.1, -0.05) is 42.5 Å². The molecular weight excluding hydrogens is 496 g/mol. The average molecular weight is 527 g/mol. The van der Waals surface area contributed by atoms with Crippen molar-refractivity contribution in [3.05, 3.63) is 95.2 Å². The van der Waals surface area contributed by atoms with Gasteiger partial charge in [0.1, 0.15) is 30.8 Å². The van der Waals surface area contributed by atoms with Crippen LogP contribution in [0, 0.1) is 0 Å². The Kier molecular flexibility index (Phi) is 7.78. The number of fused-ring (bicyclic) bond motifs is 1. The first kappa shape index (κ1) is 25.5. The quantitative estimate of drug-likeness (QED) is 0.387. The second kappa shape index (κ2) is 11.9. The standard InChI is InChI=1S/C31H30N2O6/c34-31-27-22-7-2-10-25(27)38-19-17-36-15-13-35-14-16-37-18-20-39-26-11-3-8-23(28(26)31)30(22)33-24-9-1-5-21-6-4-12-32-29(21)24/h1-12,31,34H,13-20H2. The van der Waals surface area contributed by atoms with E-state index < -0.39 is 6.10 Å². The lowest BCUT2D eigenvalue weighted by atomic mass is 9.81. The van der Waals surface area contributed by atoms with E-state index in [1.54, 1.807) is 6.20 Å². The summed E-state index contributed by atoms with van der Waals surface area (Å²) in [4.78, 5) is 9.75. The second-order valence-corrected chi connectivity index (χ2v) is 9.18. The summed E-state index contributed by atoms with van der Waals surface area (Å²) in [5, 5.41) is 12.8. The Morgan fingerprint density at radius 3 is 1.79 bits per heavy atom. The molecule has 0 radical (unpaired) electrons. The van der Waals surface area contributed by atoms with Gasteiger partial charge in [-0.25, -0.2) is 4.99 Å². The zero-order valence-corrected chi connectivity index (χ0v) is 21.5. The summed E-state index contributed by atoms with van der Waals surface area (Å²) >= 11 is 0. The lowest BCUT2D eigenvalue weighted by Gasteiger charge is -2.29. The van der Waals surface area contributed by atoms with Crippen LogP contribution in [0.1, 0.15) is 28.4 Å². The van der Waals surface area contributed by atoms with Crippen molar-refractivity contribution in [2.45, 2.75) is 6.10 Å². The van der Waals surface area contributed by atoms with Gasteiger partial charge in [-0.15, -0.1) is 0 Å². The van der Waals surface area contributed by atoms with E-state index in [9.17, 15) is 5.11 Å². The molecule has 1 aromatic heterocycles. The number of ether oxygens (including phenoxy) is 5. The van der Waals surface area contributed by atoms with E-state index >= 15 is 0 Å². The fourth-order valence-electron chi connectivity index (χ4n) is 4.99. The molecule has 2 aliphatic rings. The number of aromatic nitrogens is 1. The number of aliphatic hydroxyl groups is 1. The summed E-state index contributed by atoms with van der Waals surface area (Å²) in [6.45, 7) is 3.36. The van der Waals surface area contributed by atoms with Crippen molar-refractivity contribution >= 4 is 22.3 Å². The van der Waals surface area contributed by atoms with Crippen molar-refractivity contribution < 1.29 is 28.8 Å². The van der Waals surface area contributed by atoms with Crippen LogP contribution < -0.4 is 9.47 Å². The summed E-state index contributed by atoms with van der Waals surface area (Å²) in [5.41, 5.74) is 5.16. The normalized spacial score (nSPS) is 18.4. The lowest BCUT2D eigenvalue weighted by Crippen LogP contribution is -2.23. The first-order valence-corrected chi connectivity index (χ1v) is 13.2. The monoisotopic (exact) mass is 526 g/mol. The van der Waals surface area contributed by atoms with Crippen LogP contribution in [0.4, 0.5) is 5.69 Å². The topological polar surface area (TPSA) is 91.6 Å². The molecule has 0 amide bonds. The molecule has 6 rings (SSSR count). The van der Waals surface area contributed by atoms with E-state index in [-0.39, 0.29) is 0 Å². The molecule has 3 aromatic carbocycles. The molecule has 39 heavy (non-hydrogen) atoms. The fraction of sp³-hybridized carbons (Fsp3) is 0.290. The molecule has 0 unspecified atom stereocenters. The highest BCUT2D eigenvalue weighted by Crippen LogP contribution is 2.45. The van der Waals surface area contributed by atoms with Crippen LogP contribution in [0.2, 0.25) is 0 Å². The molecule has 2 bridgehead atoms. The number of rotatable bonds is 1. The molecule has 200 valence electrons. The molecule has 0 spiro atoms. The van der Waals surface area contributed by atoms with Gasteiger partial charge in [-0.2, -0.15) is 0 Å². The van der Waals surface area contributed by atoms with Crippen molar-refractivity contribution in [3.8, 4) is 11.5 Å². The van der Waals surface area contributed by atoms with Crippen molar-refractivity contribution in [3.63, 3.8) is 0 Å². The predicted molar refractivity (Wildman–Crippen MR) is 147 cm³/mol. The smallest absolute Gasteiger partial charge is 0.126 e. The van der Waals surface area contributed by atoms with Gasteiger partial charge in [0, 0.05) is 33.8 Å². The van der Waals surface area contributed by atoms with E-state index in [0.29, 0.717) is 75.5 Å². The highest BCUT2D eigenvalue weighted by molar-refractivity contribution is 6.18. The number of pyridine rings is 1. The Labute approximate surface area is 226 Å². The van der Waals surface area contributed by atoms with Crippen LogP contribution in [-0.2, 0) is 14.2 Å². The molecule has 0 saturated carbocycles. The number of hydrogen-bond acceptors (Lipinski definition) is 8. The van der Waals surface area contributed by atoms with Crippen LogP contribution >= 0.6 is 0 Å². The summed E-state index contributed by atoms with van der Waals surface area (Å²) in [5.74, 6) is 1.15. The molecule has 0 fully saturated rings. The summed E-state index contributed by atoms with van der Waals surface area (Å²) < 4.78 is 29.1. The molecule has 1 N–H and O–H groups in total. The Hall–Kier alpha value is -3.82. The molecule has 1 aliphatic carbocycles. The van der Waals surface area contributed by atoms with Crippen LogP contribution in [-0.4, -0.2) is 68.7 Å². The van der Waals surface area contributed by atoms with Gasteiger partial charge in [-0.05, 0) is 24.3 Å². The predicted octanol–water partition coefficient (Wildman–Crippen LogP) is 4.62. The highest BCUT2D eigenvalue weighted by atomic mass is 16.6. The molecule has 0 atom stereocenters. The molecule has 0 saturated heterocycles. The largest absolute Gasteiger partial charge is 0.491 e. The fourth-order valence-corrected chi connectivity index (χ4v) is 4.99. The SMILES string of the molecule is OC1c2c3cccc2C(=Nc2cccc4cccnc24)c2cccc(c21)OCCOCCOCCOCCO3. The Bertz CT molecular complexity index is 1410. The first-order valence-electron chi connectivity index (χ1n) is 13.2. The third-order valence-corrected chi connectivity index (χ3v) is 6.75. The van der Waals surface area contributed by atoms with Gasteiger partial charge in [0.2, 0.25) is 0 Å². The third kappa shape index (κ3) is 5.37. The Morgan fingerprint density at radius 1 is 0.641 bits per heavy atom. The summed E-state index contributed by atoms with van der Waals surface area (Å²) in [7, 11) is 0. The van der Waals surface area contributed by atoms with Gasteiger partial charge < -0.3 is 28.8 Å². The number of hydrogen-bond donors (Lipinski definition) is 1. The first-order chi connectivity index (χ1) is 19.3. The van der Waals surface area contributed by atoms with E-state index in [1.807, 2.05) is 66.7 Å². The third-order valence-electron chi connectivity index (χ3n) is 6.75. The van der Waals surface area contributed by atoms with E-state index in [1.165, 1.54) is 0 Å². The lowest BCUT2D eigenvalue weighted by molar-refractivity contribution is 0.00448. The maximum Gasteiger partial charge on any atom is 0.126 e. The number of para-hydroxylation sites is 1. The van der Waals surface area contributed by atoms with E-state index in [4.69, 9.17) is 28.7 Å². The summed E-state index contributed by atoms with van der Waals surface area (Å²) in [6, 6.07) is 21.4. The summed E-state index contributed by atoms with van der Waals surface area (Å²) in [6.07, 6.45) is 0.798. The van der Waals surface area contributed by atoms with Crippen LogP contribution in [0.15, 0.2) is 77.9 Å². The second-order valence-electron chi connectivity index (χ2n) is 9.18. The van der Waals surface area contributed by atoms with Crippen LogP contribution in [0.25, 0.3) is 10.9 Å². The van der Waals surface area contributed by atoms with E-state index in [2.05, 4.69) is 4.98 Å². The molecule has 1 aliphatic heterocycles. The minimum atomic E-state index is -0.971. The Morgan fingerprint density at radius 2 is 1.18 bits per heavy atom. The minimum Gasteiger partial charge on any atom is -0.491 e. The van der Waals surface area contributed by atoms with Crippen molar-refractivity contribution in [2.24, 2.45) is 4.99 Å².